The van der Waals surface area contributed by atoms with Crippen molar-refractivity contribution >= 4 is 24.2 Å². The van der Waals surface area contributed by atoms with Crippen molar-refractivity contribution in [2.75, 3.05) is 26.0 Å². The number of hydrogen-bond acceptors (Lipinski definition) is 6. The van der Waals surface area contributed by atoms with E-state index in [1.165, 1.54) is 43.3 Å². The van der Waals surface area contributed by atoms with Crippen LogP contribution in [0.5, 0.6) is 0 Å². The van der Waals surface area contributed by atoms with E-state index in [2.05, 4.69) is 27.7 Å². The molecule has 2 bridgehead atoms. The van der Waals surface area contributed by atoms with Gasteiger partial charge in [0.25, 0.3) is 6.47 Å². The topological polar surface area (TPSA) is 93.1 Å². The molecule has 3 atom stereocenters. The number of carboxylic acid groups (broad SMARTS) is 1. The number of carbonyl (C=O) groups is 2. The third-order valence-electron chi connectivity index (χ3n) is 9.11. The van der Waals surface area contributed by atoms with Gasteiger partial charge in [-0.3, -0.25) is 4.79 Å². The predicted octanol–water partition coefficient (Wildman–Crippen LogP) is 6.47. The number of piperidine rings is 1. The van der Waals surface area contributed by atoms with Gasteiger partial charge in [0.1, 0.15) is 11.5 Å². The number of aliphatic hydroxyl groups is 1. The Balaban J connectivity index is 0.000000953. The number of benzene rings is 2. The zero-order chi connectivity index (χ0) is 31.5. The molecule has 2 N–H and O–H groups in total. The second-order valence-electron chi connectivity index (χ2n) is 12.6. The van der Waals surface area contributed by atoms with Gasteiger partial charge in [0.15, 0.2) is 0 Å². The van der Waals surface area contributed by atoms with E-state index in [0.29, 0.717) is 18.0 Å². The summed E-state index contributed by atoms with van der Waals surface area (Å²) >= 11 is 1.81. The maximum Gasteiger partial charge on any atom is 0.348 e. The quantitative estimate of drug-likeness (QED) is 0.137. The van der Waals surface area contributed by atoms with Gasteiger partial charge in [0.05, 0.1) is 25.2 Å². The van der Waals surface area contributed by atoms with Gasteiger partial charge in [0, 0.05) is 45.6 Å². The van der Waals surface area contributed by atoms with Crippen LogP contribution in [0.2, 0.25) is 0 Å². The van der Waals surface area contributed by atoms with Gasteiger partial charge in [-0.25, -0.2) is 4.79 Å². The molecular weight excluding hydrogens is 562 g/mol. The highest BCUT2D eigenvalue weighted by molar-refractivity contribution is 7.99. The highest BCUT2D eigenvalue weighted by Crippen LogP contribution is 2.47. The second kappa shape index (κ2) is 16.6. The summed E-state index contributed by atoms with van der Waals surface area (Å²) in [6.45, 7) is 11.2. The van der Waals surface area contributed by atoms with Crippen molar-refractivity contribution in [2.24, 2.45) is 11.8 Å². The molecule has 3 aliphatic heterocycles. The lowest BCUT2D eigenvalue weighted by Gasteiger charge is -2.47. The molecule has 3 aliphatic rings. The molecule has 2 aromatic rings. The Hall–Kier alpha value is -2.39. The Morgan fingerprint density at radius 3 is 1.81 bits per heavy atom. The molecule has 3 fully saturated rings. The molecule has 43 heavy (non-hydrogen) atoms. The predicted molar refractivity (Wildman–Crippen MR) is 173 cm³/mol. The molecular formula is C35H52NO6S+. The van der Waals surface area contributed by atoms with Crippen molar-refractivity contribution in [3.05, 3.63) is 71.8 Å². The van der Waals surface area contributed by atoms with Crippen molar-refractivity contribution in [3.8, 4) is 0 Å². The first-order valence-corrected chi connectivity index (χ1v) is 16.8. The zero-order valence-corrected chi connectivity index (χ0v) is 27.4. The summed E-state index contributed by atoms with van der Waals surface area (Å²) in [6, 6.07) is 21.4. The highest BCUT2D eigenvalue weighted by atomic mass is 32.2. The second-order valence-corrected chi connectivity index (χ2v) is 13.7. The van der Waals surface area contributed by atoms with Gasteiger partial charge in [-0.2, -0.15) is 0 Å². The fourth-order valence-electron chi connectivity index (χ4n) is 7.30. The van der Waals surface area contributed by atoms with E-state index in [9.17, 15) is 4.79 Å². The van der Waals surface area contributed by atoms with Crippen molar-refractivity contribution in [1.29, 1.82) is 0 Å². The molecule has 0 radical (unpaired) electrons. The zero-order valence-electron chi connectivity index (χ0n) is 26.6. The molecule has 5 rings (SSSR count). The van der Waals surface area contributed by atoms with E-state index < -0.39 is 5.60 Å². The third kappa shape index (κ3) is 8.01. The SMILES string of the molecule is CC(C)CSC(OC(C(=O)OC1CC2CCC(C1)[N+]21CCCC1)(c1ccccc1)c1ccccc1)C(C)C.CO.O=CO. The van der Waals surface area contributed by atoms with Gasteiger partial charge in [-0.1, -0.05) is 88.4 Å². The lowest BCUT2D eigenvalue weighted by molar-refractivity contribution is -0.956. The smallest absolute Gasteiger partial charge is 0.348 e. The number of aliphatic hydroxyl groups excluding tert-OH is 1. The molecule has 238 valence electrons. The minimum Gasteiger partial charge on any atom is -0.483 e. The lowest BCUT2D eigenvalue weighted by atomic mass is 9.85. The van der Waals surface area contributed by atoms with E-state index >= 15 is 0 Å². The maximum atomic E-state index is 14.6. The number of nitrogens with zero attached hydrogens (tertiary/aromatic N) is 1. The van der Waals surface area contributed by atoms with Crippen LogP contribution in [0.25, 0.3) is 0 Å². The molecule has 0 amide bonds. The van der Waals surface area contributed by atoms with Crippen LogP contribution in [-0.2, 0) is 24.7 Å². The van der Waals surface area contributed by atoms with Crippen molar-refractivity contribution in [1.82, 2.24) is 0 Å². The summed E-state index contributed by atoms with van der Waals surface area (Å²) in [5.41, 5.74) is 0.228. The number of ether oxygens (including phenoxy) is 2. The summed E-state index contributed by atoms with van der Waals surface area (Å²) in [6.07, 6.45) is 7.18. The van der Waals surface area contributed by atoms with Gasteiger partial charge in [0.2, 0.25) is 5.60 Å². The number of esters is 1. The van der Waals surface area contributed by atoms with E-state index in [1.807, 2.05) is 72.4 Å². The van der Waals surface area contributed by atoms with E-state index in [-0.39, 0.29) is 29.9 Å². The van der Waals surface area contributed by atoms with Gasteiger partial charge in [-0.15, -0.1) is 11.8 Å². The Labute approximate surface area is 262 Å². The van der Waals surface area contributed by atoms with Crippen LogP contribution in [0.3, 0.4) is 0 Å². The minimum absolute atomic E-state index is 0.0411. The first-order valence-electron chi connectivity index (χ1n) is 15.8. The fourth-order valence-corrected chi connectivity index (χ4v) is 8.47. The van der Waals surface area contributed by atoms with Gasteiger partial charge >= 0.3 is 5.97 Å². The Kier molecular flexibility index (Phi) is 13.6. The molecule has 3 heterocycles. The van der Waals surface area contributed by atoms with Crippen LogP contribution in [-0.4, -0.2) is 76.7 Å². The van der Waals surface area contributed by atoms with E-state index in [1.54, 1.807) is 0 Å². The molecule has 3 unspecified atom stereocenters. The molecule has 2 aromatic carbocycles. The number of quaternary nitrogens is 1. The Morgan fingerprint density at radius 1 is 0.930 bits per heavy atom. The molecule has 3 saturated heterocycles. The highest BCUT2D eigenvalue weighted by Gasteiger charge is 2.57. The monoisotopic (exact) mass is 614 g/mol. The van der Waals surface area contributed by atoms with Crippen molar-refractivity contribution in [2.45, 2.75) is 95.4 Å². The molecule has 8 heteroatoms. The summed E-state index contributed by atoms with van der Waals surface area (Å²) < 4.78 is 14.9. The average molecular weight is 615 g/mol. The standard InChI is InChI=1S/C33H46NO3S.CH2O2.CH4O/c1-24(2)23-38-31(25(3)4)37-33(26-13-7-5-8-14-26,27-15-9-6-10-16-27)32(35)36-30-21-28-17-18-29(22-30)34(28)19-11-12-20-34;2-1-3;1-2/h5-10,13-16,24-25,28-31H,11-12,17-23H2,1-4H3;1H,(H,2,3);2H,1H3/q+1;;. The van der Waals surface area contributed by atoms with Crippen LogP contribution in [0, 0.1) is 11.8 Å². The fraction of sp³-hybridized carbons (Fsp3) is 0.600. The first kappa shape index (κ1) is 35.1. The first-order chi connectivity index (χ1) is 20.8. The number of hydrogen-bond donors (Lipinski definition) is 2. The molecule has 1 spiro atoms. The van der Waals surface area contributed by atoms with Crippen LogP contribution in [0.4, 0.5) is 0 Å². The number of thioether (sulfide) groups is 1. The van der Waals surface area contributed by atoms with Gasteiger partial charge in [-0.05, 0) is 28.7 Å². The largest absolute Gasteiger partial charge is 0.483 e. The van der Waals surface area contributed by atoms with Crippen LogP contribution < -0.4 is 0 Å². The molecule has 0 saturated carbocycles. The summed E-state index contributed by atoms with van der Waals surface area (Å²) in [7, 11) is 1.00. The normalized spacial score (nSPS) is 22.7. The van der Waals surface area contributed by atoms with E-state index in [0.717, 1.165) is 36.8 Å². The minimum atomic E-state index is -1.31. The third-order valence-corrected chi connectivity index (χ3v) is 10.9. The molecule has 0 aromatic heterocycles. The summed E-state index contributed by atoms with van der Waals surface area (Å²) in [4.78, 5) is 23.0. The molecule has 0 aliphatic carbocycles. The number of carbonyl (C=O) groups excluding carboxylic acids is 1. The lowest BCUT2D eigenvalue weighted by Crippen LogP contribution is -2.60. The Morgan fingerprint density at radius 2 is 1.40 bits per heavy atom. The van der Waals surface area contributed by atoms with Crippen molar-refractivity contribution < 1.29 is 33.8 Å². The van der Waals surface area contributed by atoms with Crippen molar-refractivity contribution in [3.63, 3.8) is 0 Å². The van der Waals surface area contributed by atoms with Crippen LogP contribution in [0.1, 0.15) is 77.3 Å². The molecule has 7 nitrogen and oxygen atoms in total. The van der Waals surface area contributed by atoms with Gasteiger partial charge < -0.3 is 24.2 Å². The maximum absolute atomic E-state index is 14.6. The number of rotatable bonds is 10. The van der Waals surface area contributed by atoms with E-state index in [4.69, 9.17) is 24.5 Å². The Bertz CT molecular complexity index is 1050. The van der Waals surface area contributed by atoms with Crippen LogP contribution >= 0.6 is 11.8 Å². The average Bonchev–Trinajstić information content (AvgIpc) is 3.56. The summed E-state index contributed by atoms with van der Waals surface area (Å²) in [5.74, 6) is 1.50. The van der Waals surface area contributed by atoms with Crippen LogP contribution in [0.15, 0.2) is 60.7 Å². The summed E-state index contributed by atoms with van der Waals surface area (Å²) in [5, 5.41) is 13.9.